The van der Waals surface area contributed by atoms with Crippen LogP contribution in [0.1, 0.15) is 17.8 Å². The van der Waals surface area contributed by atoms with Gasteiger partial charge in [0.2, 0.25) is 0 Å². The molecule has 124 valence electrons. The van der Waals surface area contributed by atoms with E-state index in [2.05, 4.69) is 20.7 Å². The van der Waals surface area contributed by atoms with Crippen LogP contribution in [0.2, 0.25) is 0 Å². The van der Waals surface area contributed by atoms with E-state index in [1.807, 2.05) is 12.3 Å². The number of halogens is 1. The Morgan fingerprint density at radius 1 is 1.42 bits per heavy atom. The highest BCUT2D eigenvalue weighted by atomic mass is 32.1. The van der Waals surface area contributed by atoms with Crippen molar-refractivity contribution in [2.24, 2.45) is 0 Å². The van der Waals surface area contributed by atoms with Crippen molar-refractivity contribution in [3.05, 3.63) is 59.1 Å². The van der Waals surface area contributed by atoms with Crippen LogP contribution in [-0.2, 0) is 0 Å². The van der Waals surface area contributed by atoms with Gasteiger partial charge in [-0.1, -0.05) is 6.92 Å². The van der Waals surface area contributed by atoms with Crippen LogP contribution in [-0.4, -0.2) is 27.3 Å². The zero-order valence-corrected chi connectivity index (χ0v) is 13.8. The van der Waals surface area contributed by atoms with Crippen molar-refractivity contribution >= 4 is 23.1 Å². The molecule has 2 aromatic heterocycles. The van der Waals surface area contributed by atoms with Gasteiger partial charge in [-0.2, -0.15) is 5.10 Å². The summed E-state index contributed by atoms with van der Waals surface area (Å²) >= 11 is 1.55. The summed E-state index contributed by atoms with van der Waals surface area (Å²) < 4.78 is 15.1. The zero-order valence-electron chi connectivity index (χ0n) is 12.9. The molecule has 0 aliphatic rings. The Balaban J connectivity index is 1.67. The van der Waals surface area contributed by atoms with Gasteiger partial charge in [0.25, 0.3) is 0 Å². The Morgan fingerprint density at radius 2 is 2.29 bits per heavy atom. The van der Waals surface area contributed by atoms with Crippen LogP contribution < -0.4 is 10.6 Å². The molecule has 24 heavy (non-hydrogen) atoms. The number of carbonyl (C=O) groups is 1. The molecule has 0 saturated carbocycles. The second kappa shape index (κ2) is 7.22. The van der Waals surface area contributed by atoms with Crippen molar-refractivity contribution in [3.63, 3.8) is 0 Å². The standard InChI is InChI=1S/C16H16FN5OS/c1-11(15-18-6-8-24-15)10-19-16(23)21-13-9-12(17)3-4-14(13)22-7-2-5-20-22/h2-9,11H,10H2,1H3,(H2,19,21,23)/t11-/m0/s1. The zero-order chi connectivity index (χ0) is 16.9. The Hall–Kier alpha value is -2.74. The maximum absolute atomic E-state index is 13.5. The molecule has 0 aliphatic heterocycles. The number of carbonyl (C=O) groups excluding carboxylic acids is 1. The maximum atomic E-state index is 13.5. The van der Waals surface area contributed by atoms with Crippen molar-refractivity contribution in [1.29, 1.82) is 0 Å². The molecular weight excluding hydrogens is 329 g/mol. The summed E-state index contributed by atoms with van der Waals surface area (Å²) in [5.41, 5.74) is 0.933. The van der Waals surface area contributed by atoms with Crippen molar-refractivity contribution < 1.29 is 9.18 Å². The van der Waals surface area contributed by atoms with Gasteiger partial charge in [0.05, 0.1) is 16.4 Å². The van der Waals surface area contributed by atoms with E-state index in [4.69, 9.17) is 0 Å². The molecule has 0 radical (unpaired) electrons. The molecule has 6 nitrogen and oxygen atoms in total. The lowest BCUT2D eigenvalue weighted by molar-refractivity contribution is 0.251. The van der Waals surface area contributed by atoms with Gasteiger partial charge < -0.3 is 10.6 Å². The first kappa shape index (κ1) is 16.1. The van der Waals surface area contributed by atoms with Crippen LogP contribution in [0.4, 0.5) is 14.9 Å². The minimum atomic E-state index is -0.433. The van der Waals surface area contributed by atoms with Crippen LogP contribution in [0.15, 0.2) is 48.2 Å². The summed E-state index contributed by atoms with van der Waals surface area (Å²) in [6.07, 6.45) is 5.07. The van der Waals surface area contributed by atoms with Crippen molar-refractivity contribution in [3.8, 4) is 5.69 Å². The van der Waals surface area contributed by atoms with E-state index in [-0.39, 0.29) is 5.92 Å². The largest absolute Gasteiger partial charge is 0.337 e. The molecule has 2 amide bonds. The molecule has 0 aliphatic carbocycles. The van der Waals surface area contributed by atoms with Crippen molar-refractivity contribution in [1.82, 2.24) is 20.1 Å². The fraction of sp³-hybridized carbons (Fsp3) is 0.188. The highest BCUT2D eigenvalue weighted by molar-refractivity contribution is 7.09. The van der Waals surface area contributed by atoms with Gasteiger partial charge in [-0.15, -0.1) is 11.3 Å². The van der Waals surface area contributed by atoms with Gasteiger partial charge in [-0.05, 0) is 24.3 Å². The average Bonchev–Trinajstić information content (AvgIpc) is 3.26. The molecule has 3 rings (SSSR count). The predicted octanol–water partition coefficient (Wildman–Crippen LogP) is 3.39. The molecule has 8 heteroatoms. The quantitative estimate of drug-likeness (QED) is 0.744. The Labute approximate surface area is 142 Å². The van der Waals surface area contributed by atoms with Crippen LogP contribution in [0, 0.1) is 5.82 Å². The number of nitrogens with zero attached hydrogens (tertiary/aromatic N) is 3. The molecular formula is C16H16FN5OS. The molecule has 0 bridgehead atoms. The number of anilines is 1. The van der Waals surface area contributed by atoms with E-state index >= 15 is 0 Å². The molecule has 0 unspecified atom stereocenters. The second-order valence-corrected chi connectivity index (χ2v) is 6.14. The number of nitrogens with one attached hydrogen (secondary N) is 2. The van der Waals surface area contributed by atoms with Gasteiger partial charge in [0, 0.05) is 36.4 Å². The fourth-order valence-corrected chi connectivity index (χ4v) is 2.90. The smallest absolute Gasteiger partial charge is 0.319 e. The maximum Gasteiger partial charge on any atom is 0.319 e. The lowest BCUT2D eigenvalue weighted by atomic mass is 10.2. The van der Waals surface area contributed by atoms with Crippen LogP contribution in [0.3, 0.4) is 0 Å². The number of rotatable bonds is 5. The van der Waals surface area contributed by atoms with Gasteiger partial charge in [0.15, 0.2) is 0 Å². The van der Waals surface area contributed by atoms with Crippen molar-refractivity contribution in [2.45, 2.75) is 12.8 Å². The Kier molecular flexibility index (Phi) is 4.85. The third-order valence-corrected chi connectivity index (χ3v) is 4.41. The number of amides is 2. The number of aromatic nitrogens is 3. The SMILES string of the molecule is C[C@@H](CNC(=O)Nc1cc(F)ccc1-n1cccn1)c1nccs1. The minimum absolute atomic E-state index is 0.105. The van der Waals surface area contributed by atoms with Crippen LogP contribution >= 0.6 is 11.3 Å². The average molecular weight is 345 g/mol. The number of benzene rings is 1. The first-order valence-corrected chi connectivity index (χ1v) is 8.25. The van der Waals surface area contributed by atoms with Gasteiger partial charge in [0.1, 0.15) is 5.82 Å². The van der Waals surface area contributed by atoms with E-state index in [0.717, 1.165) is 5.01 Å². The van der Waals surface area contributed by atoms with Gasteiger partial charge in [-0.3, -0.25) is 0 Å². The third kappa shape index (κ3) is 3.77. The highest BCUT2D eigenvalue weighted by Crippen LogP contribution is 2.21. The van der Waals surface area contributed by atoms with Crippen LogP contribution in [0.25, 0.3) is 5.69 Å². The topological polar surface area (TPSA) is 71.8 Å². The Bertz CT molecular complexity index is 804. The third-order valence-electron chi connectivity index (χ3n) is 3.40. The van der Waals surface area contributed by atoms with Gasteiger partial charge >= 0.3 is 6.03 Å². The summed E-state index contributed by atoms with van der Waals surface area (Å²) in [7, 11) is 0. The summed E-state index contributed by atoms with van der Waals surface area (Å²) in [6.45, 7) is 2.42. The number of thiazole rings is 1. The van der Waals surface area contributed by atoms with Crippen molar-refractivity contribution in [2.75, 3.05) is 11.9 Å². The van der Waals surface area contributed by atoms with Crippen LogP contribution in [0.5, 0.6) is 0 Å². The molecule has 0 saturated heterocycles. The lowest BCUT2D eigenvalue weighted by Gasteiger charge is -2.14. The predicted molar refractivity (Wildman–Crippen MR) is 91.1 cm³/mol. The molecule has 3 aromatic rings. The molecule has 2 heterocycles. The summed E-state index contributed by atoms with van der Waals surface area (Å²) in [5.74, 6) is -0.328. The monoisotopic (exact) mass is 345 g/mol. The molecule has 1 aromatic carbocycles. The first-order valence-electron chi connectivity index (χ1n) is 7.37. The lowest BCUT2D eigenvalue weighted by Crippen LogP contribution is -2.32. The summed E-state index contributed by atoms with van der Waals surface area (Å²) in [6, 6.07) is 5.50. The normalized spacial score (nSPS) is 11.9. The second-order valence-electron chi connectivity index (χ2n) is 5.22. The highest BCUT2D eigenvalue weighted by Gasteiger charge is 2.13. The minimum Gasteiger partial charge on any atom is -0.337 e. The van der Waals surface area contributed by atoms with E-state index in [1.54, 1.807) is 46.7 Å². The van der Waals surface area contributed by atoms with E-state index < -0.39 is 11.8 Å². The Morgan fingerprint density at radius 3 is 3.00 bits per heavy atom. The number of hydrogen-bond donors (Lipinski definition) is 2. The fourth-order valence-electron chi connectivity index (χ4n) is 2.20. The number of urea groups is 1. The van der Waals surface area contributed by atoms with Gasteiger partial charge in [-0.25, -0.2) is 18.9 Å². The molecule has 2 N–H and O–H groups in total. The van der Waals surface area contributed by atoms with E-state index in [9.17, 15) is 9.18 Å². The number of hydrogen-bond acceptors (Lipinski definition) is 4. The molecule has 1 atom stereocenters. The van der Waals surface area contributed by atoms with E-state index in [0.29, 0.717) is 17.9 Å². The summed E-state index contributed by atoms with van der Waals surface area (Å²) in [4.78, 5) is 16.4. The van der Waals surface area contributed by atoms with E-state index in [1.165, 1.54) is 12.1 Å². The molecule has 0 spiro atoms. The first-order chi connectivity index (χ1) is 11.6. The summed E-state index contributed by atoms with van der Waals surface area (Å²) in [5, 5.41) is 12.4. The molecule has 0 fully saturated rings.